The minimum absolute atomic E-state index is 0.0828. The van der Waals surface area contributed by atoms with Gasteiger partial charge < -0.3 is 5.32 Å². The van der Waals surface area contributed by atoms with E-state index in [2.05, 4.69) is 27.6 Å². The van der Waals surface area contributed by atoms with Crippen LogP contribution in [0, 0.1) is 3.95 Å². The Morgan fingerprint density at radius 3 is 2.29 bits per heavy atom. The molecule has 2 aromatic carbocycles. The van der Waals surface area contributed by atoms with Crippen LogP contribution >= 0.6 is 23.6 Å². The molecule has 1 amide bonds. The van der Waals surface area contributed by atoms with Crippen molar-refractivity contribution < 1.29 is 9.59 Å². The quantitative estimate of drug-likeness (QED) is 0.271. The zero-order valence-electron chi connectivity index (χ0n) is 15.3. The van der Waals surface area contributed by atoms with Gasteiger partial charge >= 0.3 is 0 Å². The molecule has 0 saturated carbocycles. The number of H-pyrrole nitrogens is 1. The molecule has 0 unspecified atom stereocenters. The number of amides is 1. The lowest BCUT2D eigenvalue weighted by Gasteiger charge is -2.05. The summed E-state index contributed by atoms with van der Waals surface area (Å²) in [5, 5.41) is 9.72. The fourth-order valence-corrected chi connectivity index (χ4v) is 3.64. The van der Waals surface area contributed by atoms with Crippen LogP contribution in [0.1, 0.15) is 42.5 Å². The van der Waals surface area contributed by atoms with E-state index in [4.69, 9.17) is 12.2 Å². The number of anilines is 1. The van der Waals surface area contributed by atoms with Crippen molar-refractivity contribution in [1.82, 2.24) is 10.2 Å². The van der Waals surface area contributed by atoms with Crippen LogP contribution < -0.4 is 5.32 Å². The predicted octanol–water partition coefficient (Wildman–Crippen LogP) is 5.64. The number of aromatic nitrogens is 2. The monoisotopic (exact) mass is 411 g/mol. The van der Waals surface area contributed by atoms with Gasteiger partial charge in [0.25, 0.3) is 0 Å². The van der Waals surface area contributed by atoms with Gasteiger partial charge in [-0.25, -0.2) is 0 Å². The standard InChI is InChI=1S/C21H21N3O2S2/c25-18(17-13-11-16(12-14-17)15-7-3-1-4-8-15)9-5-2-6-10-19(26)22-20-23-24-21(27)28-20/h1,3-4,7-8,11-14H,2,5-6,9-10H2,(H,24,27)(H,22,23,26). The third-order valence-electron chi connectivity index (χ3n) is 4.31. The van der Waals surface area contributed by atoms with Crippen molar-refractivity contribution in [2.75, 3.05) is 5.32 Å². The third-order valence-corrected chi connectivity index (χ3v) is 5.31. The molecule has 0 saturated heterocycles. The molecule has 1 heterocycles. The van der Waals surface area contributed by atoms with Crippen molar-refractivity contribution in [2.24, 2.45) is 0 Å². The van der Waals surface area contributed by atoms with Gasteiger partial charge in [0.1, 0.15) is 0 Å². The van der Waals surface area contributed by atoms with Crippen molar-refractivity contribution in [3.8, 4) is 11.1 Å². The van der Waals surface area contributed by atoms with Gasteiger partial charge in [-0.1, -0.05) is 72.4 Å². The number of nitrogens with one attached hydrogen (secondary N) is 2. The van der Waals surface area contributed by atoms with E-state index >= 15 is 0 Å². The van der Waals surface area contributed by atoms with Crippen LogP contribution in [0.15, 0.2) is 54.6 Å². The number of Topliss-reactive ketones (excluding diaryl/α,β-unsaturated/α-hetero) is 1. The number of ketones is 1. The fourth-order valence-electron chi connectivity index (χ4n) is 2.84. The zero-order valence-corrected chi connectivity index (χ0v) is 16.9. The van der Waals surface area contributed by atoms with Gasteiger partial charge in [0.2, 0.25) is 11.0 Å². The molecule has 28 heavy (non-hydrogen) atoms. The van der Waals surface area contributed by atoms with E-state index in [-0.39, 0.29) is 11.7 Å². The molecule has 0 atom stereocenters. The molecule has 2 N–H and O–H groups in total. The first-order chi connectivity index (χ1) is 13.6. The second-order valence-electron chi connectivity index (χ2n) is 6.39. The topological polar surface area (TPSA) is 74.8 Å². The Morgan fingerprint density at radius 1 is 0.929 bits per heavy atom. The lowest BCUT2D eigenvalue weighted by atomic mass is 10.00. The molecule has 0 aliphatic rings. The van der Waals surface area contributed by atoms with Gasteiger partial charge in [-0.2, -0.15) is 0 Å². The highest BCUT2D eigenvalue weighted by Crippen LogP contribution is 2.20. The normalized spacial score (nSPS) is 10.6. The van der Waals surface area contributed by atoms with E-state index < -0.39 is 0 Å². The SMILES string of the molecule is O=C(CCCCCC(=O)c1ccc(-c2ccccc2)cc1)Nc1n[nH]c(=S)s1. The molecule has 0 fully saturated rings. The van der Waals surface area contributed by atoms with E-state index in [1.54, 1.807) is 0 Å². The molecule has 0 bridgehead atoms. The van der Waals surface area contributed by atoms with Crippen molar-refractivity contribution in [3.05, 3.63) is 64.1 Å². The first-order valence-corrected chi connectivity index (χ1v) is 10.4. The summed E-state index contributed by atoms with van der Waals surface area (Å²) >= 11 is 6.15. The Labute approximate surface area is 172 Å². The molecule has 0 radical (unpaired) electrons. The number of carbonyl (C=O) groups excluding carboxylic acids is 2. The van der Waals surface area contributed by atoms with Crippen LogP contribution in [0.2, 0.25) is 0 Å². The number of rotatable bonds is 9. The van der Waals surface area contributed by atoms with Gasteiger partial charge in [-0.05, 0) is 36.2 Å². The maximum Gasteiger partial charge on any atom is 0.226 e. The summed E-state index contributed by atoms with van der Waals surface area (Å²) in [4.78, 5) is 24.2. The summed E-state index contributed by atoms with van der Waals surface area (Å²) in [6, 6.07) is 17.8. The molecular weight excluding hydrogens is 390 g/mol. The van der Waals surface area contributed by atoms with E-state index in [0.717, 1.165) is 36.0 Å². The highest BCUT2D eigenvalue weighted by atomic mass is 32.1. The molecule has 0 spiro atoms. The number of hydrogen-bond donors (Lipinski definition) is 2. The Kier molecular flexibility index (Phi) is 7.22. The first-order valence-electron chi connectivity index (χ1n) is 9.16. The van der Waals surface area contributed by atoms with Crippen molar-refractivity contribution in [3.63, 3.8) is 0 Å². The maximum atomic E-state index is 12.3. The Hall–Kier alpha value is -2.64. The lowest BCUT2D eigenvalue weighted by Crippen LogP contribution is -2.10. The fraction of sp³-hybridized carbons (Fsp3) is 0.238. The molecule has 7 heteroatoms. The molecule has 144 valence electrons. The summed E-state index contributed by atoms with van der Waals surface area (Å²) in [6.07, 6.45) is 3.24. The highest BCUT2D eigenvalue weighted by Gasteiger charge is 2.08. The number of hydrogen-bond acceptors (Lipinski definition) is 5. The van der Waals surface area contributed by atoms with Gasteiger partial charge in [-0.3, -0.25) is 14.7 Å². The van der Waals surface area contributed by atoms with E-state index in [1.807, 2.05) is 42.5 Å². The van der Waals surface area contributed by atoms with Crippen LogP contribution in [-0.2, 0) is 4.79 Å². The lowest BCUT2D eigenvalue weighted by molar-refractivity contribution is -0.116. The Balaban J connectivity index is 1.37. The van der Waals surface area contributed by atoms with Crippen LogP contribution in [0.5, 0.6) is 0 Å². The molecule has 5 nitrogen and oxygen atoms in total. The molecule has 3 rings (SSSR count). The van der Waals surface area contributed by atoms with Crippen molar-refractivity contribution >= 4 is 40.4 Å². The molecular formula is C21H21N3O2S2. The highest BCUT2D eigenvalue weighted by molar-refractivity contribution is 7.73. The molecule has 3 aromatic rings. The number of aromatic amines is 1. The van der Waals surface area contributed by atoms with Crippen LogP contribution in [0.4, 0.5) is 5.13 Å². The largest absolute Gasteiger partial charge is 0.301 e. The van der Waals surface area contributed by atoms with E-state index in [0.29, 0.717) is 21.9 Å². The predicted molar refractivity (Wildman–Crippen MR) is 115 cm³/mol. The Bertz CT molecular complexity index is 979. The van der Waals surface area contributed by atoms with Gasteiger partial charge in [-0.15, -0.1) is 5.10 Å². The van der Waals surface area contributed by atoms with E-state index in [9.17, 15) is 9.59 Å². The van der Waals surface area contributed by atoms with Gasteiger partial charge in [0, 0.05) is 18.4 Å². The maximum absolute atomic E-state index is 12.3. The second kappa shape index (κ2) is 10.1. The molecule has 0 aliphatic carbocycles. The first kappa shape index (κ1) is 20.1. The Morgan fingerprint density at radius 2 is 1.61 bits per heavy atom. The van der Waals surface area contributed by atoms with Crippen molar-refractivity contribution in [2.45, 2.75) is 32.1 Å². The average Bonchev–Trinajstić information content (AvgIpc) is 3.13. The van der Waals surface area contributed by atoms with Crippen LogP contribution in [0.25, 0.3) is 11.1 Å². The van der Waals surface area contributed by atoms with Gasteiger partial charge in [0.05, 0.1) is 0 Å². The van der Waals surface area contributed by atoms with Crippen LogP contribution in [-0.4, -0.2) is 21.9 Å². The smallest absolute Gasteiger partial charge is 0.226 e. The number of nitrogens with zero attached hydrogens (tertiary/aromatic N) is 1. The average molecular weight is 412 g/mol. The molecule has 0 aliphatic heterocycles. The summed E-state index contributed by atoms with van der Waals surface area (Å²) in [5.41, 5.74) is 2.97. The summed E-state index contributed by atoms with van der Waals surface area (Å²) < 4.78 is 0.533. The summed E-state index contributed by atoms with van der Waals surface area (Å²) in [7, 11) is 0. The molecule has 1 aromatic heterocycles. The summed E-state index contributed by atoms with van der Waals surface area (Å²) in [6.45, 7) is 0. The minimum atomic E-state index is -0.0828. The number of unbranched alkanes of at least 4 members (excludes halogenated alkanes) is 2. The summed E-state index contributed by atoms with van der Waals surface area (Å²) in [5.74, 6) is 0.0564. The number of benzene rings is 2. The number of carbonyl (C=O) groups is 2. The van der Waals surface area contributed by atoms with Crippen LogP contribution in [0.3, 0.4) is 0 Å². The van der Waals surface area contributed by atoms with Gasteiger partial charge in [0.15, 0.2) is 9.74 Å². The van der Waals surface area contributed by atoms with Crippen molar-refractivity contribution in [1.29, 1.82) is 0 Å². The third kappa shape index (κ3) is 5.94. The zero-order chi connectivity index (χ0) is 19.8. The minimum Gasteiger partial charge on any atom is -0.301 e. The second-order valence-corrected chi connectivity index (χ2v) is 8.06. The van der Waals surface area contributed by atoms with E-state index in [1.165, 1.54) is 11.3 Å².